The van der Waals surface area contributed by atoms with Crippen LogP contribution in [0.4, 0.5) is 4.39 Å². The monoisotopic (exact) mass is 465 g/mol. The molecule has 3 rings (SSSR count). The third-order valence-electron chi connectivity index (χ3n) is 6.50. The molecule has 0 bridgehead atoms. The smallest absolute Gasteiger partial charge is 0.234 e. The SMILES string of the molecule is CCCCCC(O)c1cccc(CC2C(Cl)CC[C@@H]2CCCc2nc(F)c(C=O)s2)c1. The summed E-state index contributed by atoms with van der Waals surface area (Å²) in [5.74, 6) is 0.301. The Kier molecular flexibility index (Phi) is 9.48. The lowest BCUT2D eigenvalue weighted by Gasteiger charge is -2.22. The third-order valence-corrected chi connectivity index (χ3v) is 8.06. The van der Waals surface area contributed by atoms with Gasteiger partial charge in [0.2, 0.25) is 5.95 Å². The van der Waals surface area contributed by atoms with Crippen LogP contribution in [0.1, 0.15) is 90.2 Å². The molecule has 1 heterocycles. The van der Waals surface area contributed by atoms with Crippen molar-refractivity contribution in [2.45, 2.75) is 82.6 Å². The van der Waals surface area contributed by atoms with Crippen LogP contribution in [0.3, 0.4) is 0 Å². The van der Waals surface area contributed by atoms with Crippen molar-refractivity contribution in [1.82, 2.24) is 4.98 Å². The van der Waals surface area contributed by atoms with Crippen LogP contribution in [0.5, 0.6) is 0 Å². The van der Waals surface area contributed by atoms with E-state index >= 15 is 0 Å². The van der Waals surface area contributed by atoms with Crippen molar-refractivity contribution in [3.63, 3.8) is 0 Å². The predicted octanol–water partition coefficient (Wildman–Crippen LogP) is 6.91. The number of rotatable bonds is 12. The number of unbranched alkanes of at least 4 members (excludes halogenated alkanes) is 2. The molecule has 0 radical (unpaired) electrons. The molecular formula is C25H33ClFNO2S. The van der Waals surface area contributed by atoms with Gasteiger partial charge in [0.25, 0.3) is 0 Å². The quantitative estimate of drug-likeness (QED) is 0.210. The molecule has 1 saturated carbocycles. The number of aliphatic hydroxyl groups excluding tert-OH is 1. The minimum Gasteiger partial charge on any atom is -0.388 e. The average molecular weight is 466 g/mol. The fourth-order valence-corrected chi connectivity index (χ4v) is 5.98. The molecule has 170 valence electrons. The van der Waals surface area contributed by atoms with Crippen LogP contribution in [0.25, 0.3) is 0 Å². The number of nitrogens with zero attached hydrogens (tertiary/aromatic N) is 1. The molecule has 1 fully saturated rings. The number of aryl methyl sites for hydroxylation is 1. The van der Waals surface area contributed by atoms with Crippen LogP contribution in [0.15, 0.2) is 24.3 Å². The van der Waals surface area contributed by atoms with Crippen LogP contribution >= 0.6 is 22.9 Å². The second kappa shape index (κ2) is 12.1. The van der Waals surface area contributed by atoms with E-state index in [2.05, 4.69) is 24.0 Å². The number of thiazole rings is 1. The predicted molar refractivity (Wildman–Crippen MR) is 126 cm³/mol. The van der Waals surface area contributed by atoms with Gasteiger partial charge < -0.3 is 5.11 Å². The van der Waals surface area contributed by atoms with Gasteiger partial charge >= 0.3 is 0 Å². The molecule has 0 saturated heterocycles. The lowest BCUT2D eigenvalue weighted by molar-refractivity contribution is 0.112. The van der Waals surface area contributed by atoms with Gasteiger partial charge in [0.15, 0.2) is 6.29 Å². The van der Waals surface area contributed by atoms with E-state index in [0.717, 1.165) is 74.7 Å². The summed E-state index contributed by atoms with van der Waals surface area (Å²) in [6.45, 7) is 2.17. The number of carbonyl (C=O) groups is 1. The molecule has 1 aliphatic rings. The zero-order chi connectivity index (χ0) is 22.2. The maximum absolute atomic E-state index is 13.5. The lowest BCUT2D eigenvalue weighted by Crippen LogP contribution is -2.18. The Labute approximate surface area is 194 Å². The Balaban J connectivity index is 1.55. The molecule has 1 aromatic heterocycles. The first kappa shape index (κ1) is 24.3. The fraction of sp³-hybridized carbons (Fsp3) is 0.600. The van der Waals surface area contributed by atoms with E-state index in [4.69, 9.17) is 11.6 Å². The maximum Gasteiger partial charge on any atom is 0.234 e. The van der Waals surface area contributed by atoms with E-state index in [0.29, 0.717) is 29.6 Å². The van der Waals surface area contributed by atoms with Gasteiger partial charge in [0.05, 0.1) is 11.1 Å². The normalized spacial score (nSPS) is 22.0. The average Bonchev–Trinajstić information content (AvgIpc) is 3.30. The highest BCUT2D eigenvalue weighted by atomic mass is 35.5. The van der Waals surface area contributed by atoms with Crippen LogP contribution < -0.4 is 0 Å². The summed E-state index contributed by atoms with van der Waals surface area (Å²) in [6.07, 6.45) is 10.0. The molecule has 1 aliphatic carbocycles. The first-order chi connectivity index (χ1) is 15.0. The highest BCUT2D eigenvalue weighted by Gasteiger charge is 2.34. The Morgan fingerprint density at radius 1 is 1.32 bits per heavy atom. The second-order valence-corrected chi connectivity index (χ2v) is 10.4. The number of carbonyl (C=O) groups excluding carboxylic acids is 1. The standard InChI is InChI=1S/C25H33ClFNO2S/c1-2-3-4-10-22(30)19-9-5-7-17(14-19)15-20-18(12-13-21(20)26)8-6-11-24-28-25(27)23(16-29)31-24/h5,7,9,14,16,18,20-22,30H,2-4,6,8,10-13,15H2,1H3/t18-,20?,21?,22?/m0/s1. The summed E-state index contributed by atoms with van der Waals surface area (Å²) in [4.78, 5) is 14.8. The van der Waals surface area contributed by atoms with Gasteiger partial charge in [-0.15, -0.1) is 22.9 Å². The van der Waals surface area contributed by atoms with Gasteiger partial charge in [-0.2, -0.15) is 4.39 Å². The van der Waals surface area contributed by atoms with Crippen LogP contribution in [-0.4, -0.2) is 21.8 Å². The molecule has 4 atom stereocenters. The minimum absolute atomic E-state index is 0.0892. The van der Waals surface area contributed by atoms with Crippen LogP contribution in [0.2, 0.25) is 0 Å². The van der Waals surface area contributed by atoms with Crippen molar-refractivity contribution in [1.29, 1.82) is 0 Å². The molecule has 2 aromatic rings. The maximum atomic E-state index is 13.5. The first-order valence-electron chi connectivity index (χ1n) is 11.5. The molecule has 0 aliphatic heterocycles. The van der Waals surface area contributed by atoms with Gasteiger partial charge in [-0.3, -0.25) is 4.79 Å². The molecular weight excluding hydrogens is 433 g/mol. The third kappa shape index (κ3) is 6.84. The molecule has 0 spiro atoms. The molecule has 6 heteroatoms. The molecule has 1 aromatic carbocycles. The van der Waals surface area contributed by atoms with Crippen molar-refractivity contribution in [3.8, 4) is 0 Å². The Bertz CT molecular complexity index is 843. The van der Waals surface area contributed by atoms with Crippen molar-refractivity contribution >= 4 is 29.2 Å². The number of alkyl halides is 1. The highest BCUT2D eigenvalue weighted by molar-refractivity contribution is 7.13. The number of hydrogen-bond acceptors (Lipinski definition) is 4. The van der Waals surface area contributed by atoms with E-state index in [-0.39, 0.29) is 10.3 Å². The largest absolute Gasteiger partial charge is 0.388 e. The molecule has 1 N–H and O–H groups in total. The van der Waals surface area contributed by atoms with Crippen molar-refractivity contribution in [2.24, 2.45) is 11.8 Å². The van der Waals surface area contributed by atoms with E-state index in [1.54, 1.807) is 0 Å². The number of aliphatic hydroxyl groups is 1. The second-order valence-electron chi connectivity index (χ2n) is 8.75. The Hall–Kier alpha value is -1.30. The first-order valence-corrected chi connectivity index (χ1v) is 12.8. The van der Waals surface area contributed by atoms with Gasteiger partial charge in [-0.25, -0.2) is 4.98 Å². The fourth-order valence-electron chi connectivity index (χ4n) is 4.76. The van der Waals surface area contributed by atoms with Crippen molar-refractivity contribution < 1.29 is 14.3 Å². The zero-order valence-electron chi connectivity index (χ0n) is 18.2. The lowest BCUT2D eigenvalue weighted by atomic mass is 9.85. The Morgan fingerprint density at radius 2 is 2.16 bits per heavy atom. The summed E-state index contributed by atoms with van der Waals surface area (Å²) in [5, 5.41) is 11.4. The summed E-state index contributed by atoms with van der Waals surface area (Å²) in [6, 6.07) is 8.35. The van der Waals surface area contributed by atoms with Gasteiger partial charge in [-0.1, -0.05) is 50.5 Å². The number of aldehydes is 1. The van der Waals surface area contributed by atoms with Crippen molar-refractivity contribution in [3.05, 3.63) is 51.2 Å². The number of hydrogen-bond donors (Lipinski definition) is 1. The number of aromatic nitrogens is 1. The van der Waals surface area contributed by atoms with Crippen LogP contribution in [0, 0.1) is 17.8 Å². The Morgan fingerprint density at radius 3 is 2.90 bits per heavy atom. The van der Waals surface area contributed by atoms with Crippen molar-refractivity contribution in [2.75, 3.05) is 0 Å². The van der Waals surface area contributed by atoms with Crippen LogP contribution in [-0.2, 0) is 12.8 Å². The topological polar surface area (TPSA) is 50.2 Å². The summed E-state index contributed by atoms with van der Waals surface area (Å²) >= 11 is 7.85. The summed E-state index contributed by atoms with van der Waals surface area (Å²) < 4.78 is 13.5. The summed E-state index contributed by atoms with van der Waals surface area (Å²) in [5.41, 5.74) is 2.25. The van der Waals surface area contributed by atoms with E-state index in [9.17, 15) is 14.3 Å². The molecule has 3 unspecified atom stereocenters. The summed E-state index contributed by atoms with van der Waals surface area (Å²) in [7, 11) is 0. The molecule has 3 nitrogen and oxygen atoms in total. The highest BCUT2D eigenvalue weighted by Crippen LogP contribution is 2.41. The minimum atomic E-state index is -0.647. The van der Waals surface area contributed by atoms with E-state index < -0.39 is 12.1 Å². The zero-order valence-corrected chi connectivity index (χ0v) is 19.8. The number of halogens is 2. The molecule has 0 amide bonds. The van der Waals surface area contributed by atoms with Gasteiger partial charge in [-0.05, 0) is 67.9 Å². The van der Waals surface area contributed by atoms with E-state index in [1.807, 2.05) is 12.1 Å². The number of benzene rings is 1. The van der Waals surface area contributed by atoms with E-state index in [1.165, 1.54) is 5.56 Å². The van der Waals surface area contributed by atoms with Gasteiger partial charge in [0, 0.05) is 5.38 Å². The molecule has 31 heavy (non-hydrogen) atoms. The van der Waals surface area contributed by atoms with Gasteiger partial charge in [0.1, 0.15) is 4.88 Å².